The lowest BCUT2D eigenvalue weighted by Crippen LogP contribution is -2.46. The van der Waals surface area contributed by atoms with Crippen LogP contribution in [0.15, 0.2) is 67.0 Å². The first-order valence-corrected chi connectivity index (χ1v) is 15.6. The monoisotopic (exact) mass is 651 g/mol. The highest BCUT2D eigenvalue weighted by molar-refractivity contribution is 6.36. The van der Waals surface area contributed by atoms with E-state index < -0.39 is 23.2 Å². The van der Waals surface area contributed by atoms with Crippen LogP contribution in [0.5, 0.6) is 0 Å². The van der Waals surface area contributed by atoms with Gasteiger partial charge in [0.15, 0.2) is 5.82 Å². The SMILES string of the molecule is CC(C)(C)N1CCC(n2cc(C(Nc3cc(Cl)c4ncc(C#N)c(Nc5ccc(F)c(C#N)c5F)c4c3)c3ccccc3)nn2)CC1. The highest BCUT2D eigenvalue weighted by Crippen LogP contribution is 2.38. The third-order valence-electron chi connectivity index (χ3n) is 8.56. The van der Waals surface area contributed by atoms with Crippen LogP contribution in [0.2, 0.25) is 5.02 Å². The van der Waals surface area contributed by atoms with Gasteiger partial charge in [-0.25, -0.2) is 13.5 Å². The Balaban J connectivity index is 1.37. The summed E-state index contributed by atoms with van der Waals surface area (Å²) in [7, 11) is 0. The third-order valence-corrected chi connectivity index (χ3v) is 8.85. The molecule has 3 heterocycles. The minimum absolute atomic E-state index is 0.105. The zero-order chi connectivity index (χ0) is 33.3. The van der Waals surface area contributed by atoms with Crippen LogP contribution in [0.25, 0.3) is 10.9 Å². The predicted octanol–water partition coefficient (Wildman–Crippen LogP) is 7.88. The zero-order valence-electron chi connectivity index (χ0n) is 26.1. The second-order valence-electron chi connectivity index (χ2n) is 12.5. The van der Waals surface area contributed by atoms with Crippen molar-refractivity contribution in [3.63, 3.8) is 0 Å². The molecule has 238 valence electrons. The van der Waals surface area contributed by atoms with Gasteiger partial charge in [-0.05, 0) is 63.4 Å². The van der Waals surface area contributed by atoms with Crippen molar-refractivity contribution in [2.45, 2.75) is 51.2 Å². The number of aromatic nitrogens is 4. The fraction of sp³-hybridized carbons (Fsp3) is 0.286. The van der Waals surface area contributed by atoms with Gasteiger partial charge in [-0.15, -0.1) is 5.10 Å². The number of pyridine rings is 1. The molecular weight excluding hydrogens is 620 g/mol. The molecule has 1 unspecified atom stereocenters. The molecule has 6 rings (SSSR count). The van der Waals surface area contributed by atoms with E-state index in [4.69, 9.17) is 11.6 Å². The van der Waals surface area contributed by atoms with Crippen LogP contribution >= 0.6 is 11.6 Å². The van der Waals surface area contributed by atoms with Crippen LogP contribution in [0.3, 0.4) is 0 Å². The molecule has 47 heavy (non-hydrogen) atoms. The standard InChI is InChI=1S/C35H32ClF2N9/c1-35(2,3)46-13-11-24(12-14-46)47-20-30(44-45-47)33(21-7-5-4-6-8-21)42-23-15-25-32(22(17-39)19-41-34(25)27(36)16-23)43-29-10-9-28(37)26(18-40)31(29)38/h4-10,15-16,19-20,24,33,42H,11-14H2,1-3H3,(H,41,43). The number of nitrogens with one attached hydrogen (secondary N) is 2. The summed E-state index contributed by atoms with van der Waals surface area (Å²) < 4.78 is 31.1. The molecule has 0 radical (unpaired) electrons. The second kappa shape index (κ2) is 13.0. The molecule has 1 atom stereocenters. The maximum absolute atomic E-state index is 15.1. The van der Waals surface area contributed by atoms with Gasteiger partial charge < -0.3 is 10.6 Å². The summed E-state index contributed by atoms with van der Waals surface area (Å²) in [5.41, 5.74) is 2.14. The highest BCUT2D eigenvalue weighted by atomic mass is 35.5. The van der Waals surface area contributed by atoms with Crippen LogP contribution in [-0.4, -0.2) is 43.5 Å². The molecule has 2 aromatic heterocycles. The number of hydrogen-bond acceptors (Lipinski definition) is 8. The third kappa shape index (κ3) is 6.46. The van der Waals surface area contributed by atoms with Gasteiger partial charge in [-0.2, -0.15) is 10.5 Å². The zero-order valence-corrected chi connectivity index (χ0v) is 26.9. The largest absolute Gasteiger partial charge is 0.373 e. The Labute approximate surface area is 276 Å². The Bertz CT molecular complexity index is 2020. The van der Waals surface area contributed by atoms with Crippen molar-refractivity contribution in [3.8, 4) is 12.1 Å². The molecule has 0 spiro atoms. The number of hydrogen-bond donors (Lipinski definition) is 2. The van der Waals surface area contributed by atoms with Gasteiger partial charge in [0.2, 0.25) is 0 Å². The number of piperidine rings is 1. The summed E-state index contributed by atoms with van der Waals surface area (Å²) in [6, 6.07) is 18.9. The average Bonchev–Trinajstić information content (AvgIpc) is 3.55. The summed E-state index contributed by atoms with van der Waals surface area (Å²) in [4.78, 5) is 6.87. The Kier molecular flexibility index (Phi) is 8.78. The number of halogens is 3. The van der Waals surface area contributed by atoms with Crippen molar-refractivity contribution in [3.05, 3.63) is 106 Å². The van der Waals surface area contributed by atoms with Crippen molar-refractivity contribution in [1.29, 1.82) is 10.5 Å². The van der Waals surface area contributed by atoms with Crippen molar-refractivity contribution < 1.29 is 8.78 Å². The van der Waals surface area contributed by atoms with Crippen molar-refractivity contribution in [2.24, 2.45) is 0 Å². The minimum atomic E-state index is -1.07. The van der Waals surface area contributed by atoms with Crippen molar-refractivity contribution in [2.75, 3.05) is 23.7 Å². The molecule has 1 aliphatic rings. The number of anilines is 3. The second-order valence-corrected chi connectivity index (χ2v) is 12.9. The summed E-state index contributed by atoms with van der Waals surface area (Å²) >= 11 is 6.74. The minimum Gasteiger partial charge on any atom is -0.373 e. The number of nitrogens with zero attached hydrogens (tertiary/aromatic N) is 7. The summed E-state index contributed by atoms with van der Waals surface area (Å²) in [6.07, 6.45) is 5.25. The molecule has 5 aromatic rings. The Morgan fingerprint density at radius 2 is 1.77 bits per heavy atom. The van der Waals surface area contributed by atoms with Crippen molar-refractivity contribution >= 4 is 39.6 Å². The fourth-order valence-electron chi connectivity index (χ4n) is 5.99. The molecule has 9 nitrogen and oxygen atoms in total. The molecule has 0 bridgehead atoms. The lowest BCUT2D eigenvalue weighted by Gasteiger charge is -2.40. The molecule has 0 saturated carbocycles. The lowest BCUT2D eigenvalue weighted by atomic mass is 9.98. The fourth-order valence-corrected chi connectivity index (χ4v) is 6.26. The van der Waals surface area contributed by atoms with E-state index in [1.54, 1.807) is 18.2 Å². The molecule has 1 fully saturated rings. The van der Waals surface area contributed by atoms with Gasteiger partial charge >= 0.3 is 0 Å². The highest BCUT2D eigenvalue weighted by Gasteiger charge is 2.29. The summed E-state index contributed by atoms with van der Waals surface area (Å²) in [5, 5.41) is 35.4. The first kappa shape index (κ1) is 31.9. The average molecular weight is 652 g/mol. The Morgan fingerprint density at radius 3 is 2.45 bits per heavy atom. The molecule has 3 aromatic carbocycles. The van der Waals surface area contributed by atoms with Gasteiger partial charge in [-0.3, -0.25) is 9.88 Å². The number of likely N-dealkylation sites (tertiary alicyclic amines) is 1. The topological polar surface area (TPSA) is 118 Å². The van der Waals surface area contributed by atoms with Crippen LogP contribution in [0, 0.1) is 34.3 Å². The van der Waals surface area contributed by atoms with Gasteiger partial charge in [0.25, 0.3) is 0 Å². The molecule has 12 heteroatoms. The Morgan fingerprint density at radius 1 is 1.02 bits per heavy atom. The van der Waals surface area contributed by atoms with Gasteiger partial charge in [0, 0.05) is 35.9 Å². The first-order chi connectivity index (χ1) is 22.6. The number of fused-ring (bicyclic) bond motifs is 1. The van der Waals surface area contributed by atoms with E-state index >= 15 is 4.39 Å². The van der Waals surface area contributed by atoms with E-state index in [1.165, 1.54) is 12.3 Å². The van der Waals surface area contributed by atoms with E-state index in [2.05, 4.69) is 57.7 Å². The van der Waals surface area contributed by atoms with Gasteiger partial charge in [0.05, 0.1) is 45.8 Å². The molecule has 2 N–H and O–H groups in total. The van der Waals surface area contributed by atoms with Gasteiger partial charge in [-0.1, -0.05) is 47.1 Å². The van der Waals surface area contributed by atoms with Crippen LogP contribution in [0.1, 0.15) is 68.1 Å². The van der Waals surface area contributed by atoms with E-state index in [0.717, 1.165) is 37.6 Å². The number of nitriles is 2. The lowest BCUT2D eigenvalue weighted by molar-refractivity contribution is 0.0866. The number of benzene rings is 3. The summed E-state index contributed by atoms with van der Waals surface area (Å²) in [5.74, 6) is -2.05. The van der Waals surface area contributed by atoms with Crippen LogP contribution < -0.4 is 10.6 Å². The van der Waals surface area contributed by atoms with E-state index in [0.29, 0.717) is 22.3 Å². The van der Waals surface area contributed by atoms with E-state index in [-0.39, 0.29) is 33.5 Å². The molecular formula is C35H32ClF2N9. The molecule has 0 amide bonds. The maximum atomic E-state index is 15.1. The van der Waals surface area contributed by atoms with E-state index in [1.807, 2.05) is 41.2 Å². The molecule has 0 aliphatic carbocycles. The van der Waals surface area contributed by atoms with Crippen LogP contribution in [0.4, 0.5) is 25.8 Å². The smallest absolute Gasteiger partial charge is 0.167 e. The van der Waals surface area contributed by atoms with Crippen LogP contribution in [-0.2, 0) is 0 Å². The Hall–Kier alpha value is -5.10. The molecule has 1 aliphatic heterocycles. The van der Waals surface area contributed by atoms with Crippen molar-refractivity contribution in [1.82, 2.24) is 24.9 Å². The van der Waals surface area contributed by atoms with E-state index in [9.17, 15) is 14.9 Å². The summed E-state index contributed by atoms with van der Waals surface area (Å²) in [6.45, 7) is 8.66. The quantitative estimate of drug-likeness (QED) is 0.182. The van der Waals surface area contributed by atoms with Gasteiger partial charge in [0.1, 0.15) is 29.2 Å². The number of rotatable bonds is 7. The predicted molar refractivity (Wildman–Crippen MR) is 177 cm³/mol. The maximum Gasteiger partial charge on any atom is 0.167 e. The molecule has 1 saturated heterocycles. The normalized spacial score (nSPS) is 14.8. The first-order valence-electron chi connectivity index (χ1n) is 15.2.